The first-order chi connectivity index (χ1) is 7.74. The van der Waals surface area contributed by atoms with Crippen LogP contribution in [0.3, 0.4) is 0 Å². The molecule has 1 nitrogen and oxygen atoms in total. The monoisotopic (exact) mass is 247 g/mol. The molecule has 0 saturated heterocycles. The Morgan fingerprint density at radius 2 is 1.94 bits per heavy atom. The van der Waals surface area contributed by atoms with Crippen LogP contribution < -0.4 is 5.32 Å². The van der Waals surface area contributed by atoms with Gasteiger partial charge in [0.05, 0.1) is 21.3 Å². The predicted molar refractivity (Wildman–Crippen MR) is 70.0 cm³/mol. The van der Waals surface area contributed by atoms with Crippen molar-refractivity contribution in [1.29, 1.82) is 0 Å². The van der Waals surface area contributed by atoms with Crippen molar-refractivity contribution in [3.05, 3.63) is 47.0 Å². The largest absolute Gasteiger partial charge is 0.354 e. The molecule has 0 atom stereocenters. The second-order valence-electron chi connectivity index (χ2n) is 3.85. The number of aryl methyl sites for hydroxylation is 1. The van der Waals surface area contributed by atoms with Crippen LogP contribution in [0.2, 0.25) is 5.02 Å². The fraction of sp³-hybridized carbons (Fsp3) is 0.0769. The van der Waals surface area contributed by atoms with E-state index in [9.17, 15) is 0 Å². The maximum atomic E-state index is 6.25. The predicted octanol–water partition coefficient (Wildman–Crippen LogP) is 4.86. The third-order valence-electron chi connectivity index (χ3n) is 2.56. The van der Waals surface area contributed by atoms with Crippen molar-refractivity contribution in [3.8, 4) is 0 Å². The summed E-state index contributed by atoms with van der Waals surface area (Å²) in [5, 5.41) is 4.24. The molecule has 16 heavy (non-hydrogen) atoms. The van der Waals surface area contributed by atoms with Crippen molar-refractivity contribution < 1.29 is 0 Å². The average Bonchev–Trinajstić information content (AvgIpc) is 2.27. The average molecular weight is 248 g/mol. The van der Waals surface area contributed by atoms with Gasteiger partial charge in [-0.15, -0.1) is 0 Å². The number of hydrogen-bond donors (Lipinski definition) is 1. The summed E-state index contributed by atoms with van der Waals surface area (Å²) in [5.41, 5.74) is 3.44. The summed E-state index contributed by atoms with van der Waals surface area (Å²) in [4.78, 5) is 2.34. The van der Waals surface area contributed by atoms with Gasteiger partial charge in [0, 0.05) is 4.90 Å². The van der Waals surface area contributed by atoms with Crippen LogP contribution in [0.4, 0.5) is 11.4 Å². The van der Waals surface area contributed by atoms with E-state index in [1.54, 1.807) is 11.8 Å². The Hall–Kier alpha value is -1.12. The lowest BCUT2D eigenvalue weighted by Gasteiger charge is -2.21. The number of anilines is 2. The lowest BCUT2D eigenvalue weighted by Crippen LogP contribution is -2.00. The standard InChI is InChI=1S/C13H10ClNS/c1-8-6-9(14)13-11(7-8)15-10-4-2-3-5-12(10)16-13/h2-7,15H,1H3. The third-order valence-corrected chi connectivity index (χ3v) is 4.19. The van der Waals surface area contributed by atoms with Gasteiger partial charge in [-0.3, -0.25) is 0 Å². The van der Waals surface area contributed by atoms with Crippen LogP contribution >= 0.6 is 23.4 Å². The molecule has 0 spiro atoms. The lowest BCUT2D eigenvalue weighted by molar-refractivity contribution is 1.29. The van der Waals surface area contributed by atoms with Crippen LogP contribution in [-0.4, -0.2) is 0 Å². The van der Waals surface area contributed by atoms with Gasteiger partial charge in [0.25, 0.3) is 0 Å². The van der Waals surface area contributed by atoms with Crippen LogP contribution in [0.25, 0.3) is 0 Å². The molecule has 0 fully saturated rings. The topological polar surface area (TPSA) is 12.0 Å². The molecule has 2 aromatic carbocycles. The Labute approximate surface area is 104 Å². The minimum Gasteiger partial charge on any atom is -0.354 e. The van der Waals surface area contributed by atoms with E-state index in [0.717, 1.165) is 21.3 Å². The highest BCUT2D eigenvalue weighted by molar-refractivity contribution is 7.99. The molecule has 1 heterocycles. The fourth-order valence-electron chi connectivity index (χ4n) is 1.84. The van der Waals surface area contributed by atoms with Crippen molar-refractivity contribution in [3.63, 3.8) is 0 Å². The van der Waals surface area contributed by atoms with E-state index in [0.29, 0.717) is 0 Å². The first-order valence-corrected chi connectivity index (χ1v) is 6.27. The Balaban J connectivity index is 2.15. The van der Waals surface area contributed by atoms with E-state index in [2.05, 4.69) is 30.4 Å². The van der Waals surface area contributed by atoms with Crippen LogP contribution in [0.15, 0.2) is 46.2 Å². The van der Waals surface area contributed by atoms with E-state index in [1.807, 2.05) is 18.2 Å². The van der Waals surface area contributed by atoms with E-state index in [1.165, 1.54) is 10.5 Å². The van der Waals surface area contributed by atoms with E-state index < -0.39 is 0 Å². The van der Waals surface area contributed by atoms with Gasteiger partial charge in [-0.25, -0.2) is 0 Å². The summed E-state index contributed by atoms with van der Waals surface area (Å²) in [5.74, 6) is 0. The first kappa shape index (κ1) is 10.1. The number of hydrogen-bond acceptors (Lipinski definition) is 2. The number of nitrogens with one attached hydrogen (secondary N) is 1. The number of benzene rings is 2. The zero-order valence-electron chi connectivity index (χ0n) is 8.75. The van der Waals surface area contributed by atoms with Crippen molar-refractivity contribution in [2.75, 3.05) is 5.32 Å². The van der Waals surface area contributed by atoms with E-state index in [4.69, 9.17) is 11.6 Å². The van der Waals surface area contributed by atoms with Gasteiger partial charge in [-0.1, -0.05) is 35.5 Å². The highest BCUT2D eigenvalue weighted by Crippen LogP contribution is 2.47. The molecule has 0 bridgehead atoms. The second-order valence-corrected chi connectivity index (χ2v) is 5.31. The maximum Gasteiger partial charge on any atom is 0.0569 e. The zero-order valence-corrected chi connectivity index (χ0v) is 10.3. The molecule has 2 aromatic rings. The highest BCUT2D eigenvalue weighted by atomic mass is 35.5. The number of para-hydroxylation sites is 1. The fourth-order valence-corrected chi connectivity index (χ4v) is 3.20. The molecule has 1 aliphatic heterocycles. The van der Waals surface area contributed by atoms with E-state index in [-0.39, 0.29) is 0 Å². The van der Waals surface area contributed by atoms with Gasteiger partial charge < -0.3 is 5.32 Å². The quantitative estimate of drug-likeness (QED) is 0.609. The third kappa shape index (κ3) is 1.58. The molecule has 80 valence electrons. The number of rotatable bonds is 0. The zero-order chi connectivity index (χ0) is 11.1. The smallest absolute Gasteiger partial charge is 0.0569 e. The van der Waals surface area contributed by atoms with Crippen LogP contribution in [0.1, 0.15) is 5.56 Å². The Bertz CT molecular complexity index is 566. The molecule has 1 aliphatic rings. The summed E-state index contributed by atoms with van der Waals surface area (Å²) >= 11 is 7.98. The van der Waals surface area contributed by atoms with Crippen LogP contribution in [0.5, 0.6) is 0 Å². The molecular weight excluding hydrogens is 238 g/mol. The molecule has 0 unspecified atom stereocenters. The SMILES string of the molecule is Cc1cc(Cl)c2c(c1)Nc1ccccc1S2. The first-order valence-electron chi connectivity index (χ1n) is 5.08. The summed E-state index contributed by atoms with van der Waals surface area (Å²) in [7, 11) is 0. The van der Waals surface area contributed by atoms with Crippen molar-refractivity contribution in [2.24, 2.45) is 0 Å². The lowest BCUT2D eigenvalue weighted by atomic mass is 10.2. The van der Waals surface area contributed by atoms with Gasteiger partial charge in [0.15, 0.2) is 0 Å². The van der Waals surface area contributed by atoms with Gasteiger partial charge in [-0.05, 0) is 36.8 Å². The number of fused-ring (bicyclic) bond motifs is 2. The summed E-state index contributed by atoms with van der Waals surface area (Å²) in [6.07, 6.45) is 0. The molecule has 0 saturated carbocycles. The molecule has 0 amide bonds. The van der Waals surface area contributed by atoms with Crippen molar-refractivity contribution in [2.45, 2.75) is 16.7 Å². The minimum atomic E-state index is 0.821. The van der Waals surface area contributed by atoms with Gasteiger partial charge >= 0.3 is 0 Å². The second kappa shape index (κ2) is 3.72. The van der Waals surface area contributed by atoms with Gasteiger partial charge in [0.2, 0.25) is 0 Å². The van der Waals surface area contributed by atoms with Crippen LogP contribution in [0, 0.1) is 6.92 Å². The maximum absolute atomic E-state index is 6.25. The molecule has 0 aromatic heterocycles. The molecule has 0 aliphatic carbocycles. The molecule has 3 rings (SSSR count). The Kier molecular flexibility index (Phi) is 2.34. The normalized spacial score (nSPS) is 12.6. The number of halogens is 1. The molecule has 3 heteroatoms. The van der Waals surface area contributed by atoms with Gasteiger partial charge in [-0.2, -0.15) is 0 Å². The highest BCUT2D eigenvalue weighted by Gasteiger charge is 2.17. The Morgan fingerprint density at radius 1 is 1.12 bits per heavy atom. The Morgan fingerprint density at radius 3 is 2.81 bits per heavy atom. The molecule has 0 radical (unpaired) electrons. The molecular formula is C13H10ClNS. The van der Waals surface area contributed by atoms with Crippen molar-refractivity contribution >= 4 is 34.7 Å². The minimum absolute atomic E-state index is 0.821. The summed E-state index contributed by atoms with van der Waals surface area (Å²) < 4.78 is 0. The van der Waals surface area contributed by atoms with Crippen molar-refractivity contribution in [1.82, 2.24) is 0 Å². The molecule has 1 N–H and O–H groups in total. The van der Waals surface area contributed by atoms with Crippen LogP contribution in [-0.2, 0) is 0 Å². The van der Waals surface area contributed by atoms with Gasteiger partial charge in [0.1, 0.15) is 0 Å². The van der Waals surface area contributed by atoms with E-state index >= 15 is 0 Å². The summed E-state index contributed by atoms with van der Waals surface area (Å²) in [6.45, 7) is 2.05. The summed E-state index contributed by atoms with van der Waals surface area (Å²) in [6, 6.07) is 12.4.